The predicted octanol–water partition coefficient (Wildman–Crippen LogP) is 3.42. The maximum atomic E-state index is 11.6. The number of carbonyl (C=O) groups excluding carboxylic acids is 1. The van der Waals surface area contributed by atoms with Crippen LogP contribution in [0.15, 0.2) is 54.6 Å². The molecule has 0 unspecified atom stereocenters. The van der Waals surface area contributed by atoms with E-state index in [-0.39, 0.29) is 12.5 Å². The first-order valence-corrected chi connectivity index (χ1v) is 7.80. The maximum absolute atomic E-state index is 11.6. The zero-order valence-corrected chi connectivity index (χ0v) is 13.6. The molecule has 0 aliphatic heterocycles. The Kier molecular flexibility index (Phi) is 6.48. The van der Waals surface area contributed by atoms with Crippen molar-refractivity contribution in [3.63, 3.8) is 0 Å². The van der Waals surface area contributed by atoms with Gasteiger partial charge in [-0.05, 0) is 35.7 Å². The van der Waals surface area contributed by atoms with Gasteiger partial charge in [0.1, 0.15) is 18.1 Å². The van der Waals surface area contributed by atoms with E-state index < -0.39 is 0 Å². The average Bonchev–Trinajstić information content (AvgIpc) is 2.58. The van der Waals surface area contributed by atoms with E-state index in [9.17, 15) is 4.79 Å². The van der Waals surface area contributed by atoms with Crippen LogP contribution >= 0.6 is 0 Å². The van der Waals surface area contributed by atoms with Crippen LogP contribution in [0.4, 0.5) is 0 Å². The molecule has 1 N–H and O–H groups in total. The van der Waals surface area contributed by atoms with E-state index in [0.29, 0.717) is 24.8 Å². The monoisotopic (exact) mass is 313 g/mol. The van der Waals surface area contributed by atoms with Crippen molar-refractivity contribution in [2.45, 2.75) is 20.5 Å². The SMILES string of the molecule is CC(C)CNC(=O)COc1ccc(OCc2ccccc2)cc1. The van der Waals surface area contributed by atoms with E-state index in [1.54, 1.807) is 12.1 Å². The highest BCUT2D eigenvalue weighted by molar-refractivity contribution is 5.77. The third-order valence-electron chi connectivity index (χ3n) is 3.15. The number of nitrogens with one attached hydrogen (secondary N) is 1. The molecule has 0 aromatic heterocycles. The molecular weight excluding hydrogens is 290 g/mol. The van der Waals surface area contributed by atoms with Crippen molar-refractivity contribution in [3.8, 4) is 11.5 Å². The lowest BCUT2D eigenvalue weighted by Crippen LogP contribution is -2.31. The van der Waals surface area contributed by atoms with Gasteiger partial charge in [-0.15, -0.1) is 0 Å². The van der Waals surface area contributed by atoms with Crippen LogP contribution in [0.2, 0.25) is 0 Å². The van der Waals surface area contributed by atoms with Crippen molar-refractivity contribution in [2.24, 2.45) is 5.92 Å². The lowest BCUT2D eigenvalue weighted by atomic mass is 10.2. The molecule has 0 heterocycles. The van der Waals surface area contributed by atoms with Gasteiger partial charge in [-0.2, -0.15) is 0 Å². The Morgan fingerprint density at radius 3 is 2.17 bits per heavy atom. The minimum absolute atomic E-state index is 0.0247. The quantitative estimate of drug-likeness (QED) is 0.812. The summed E-state index contributed by atoms with van der Waals surface area (Å²) in [6.45, 7) is 5.31. The minimum Gasteiger partial charge on any atom is -0.489 e. The van der Waals surface area contributed by atoms with Crippen LogP contribution in [0, 0.1) is 5.92 Å². The third-order valence-corrected chi connectivity index (χ3v) is 3.15. The number of hydrogen-bond acceptors (Lipinski definition) is 3. The first-order chi connectivity index (χ1) is 11.1. The van der Waals surface area contributed by atoms with Gasteiger partial charge >= 0.3 is 0 Å². The van der Waals surface area contributed by atoms with Crippen molar-refractivity contribution in [1.29, 1.82) is 0 Å². The fourth-order valence-corrected chi connectivity index (χ4v) is 1.89. The Morgan fingerprint density at radius 1 is 0.957 bits per heavy atom. The number of rotatable bonds is 8. The molecule has 0 radical (unpaired) electrons. The summed E-state index contributed by atoms with van der Waals surface area (Å²) in [4.78, 5) is 11.6. The van der Waals surface area contributed by atoms with Gasteiger partial charge in [0.2, 0.25) is 0 Å². The first kappa shape index (κ1) is 16.9. The molecule has 0 saturated carbocycles. The predicted molar refractivity (Wildman–Crippen MR) is 90.6 cm³/mol. The normalized spacial score (nSPS) is 10.4. The van der Waals surface area contributed by atoms with Crippen molar-refractivity contribution in [2.75, 3.05) is 13.2 Å². The molecule has 2 aromatic rings. The summed E-state index contributed by atoms with van der Waals surface area (Å²) in [6.07, 6.45) is 0. The molecule has 4 nitrogen and oxygen atoms in total. The topological polar surface area (TPSA) is 47.6 Å². The highest BCUT2D eigenvalue weighted by atomic mass is 16.5. The summed E-state index contributed by atoms with van der Waals surface area (Å²) < 4.78 is 11.2. The van der Waals surface area contributed by atoms with E-state index in [4.69, 9.17) is 9.47 Å². The molecule has 0 saturated heterocycles. The van der Waals surface area contributed by atoms with Gasteiger partial charge in [0, 0.05) is 6.54 Å². The van der Waals surface area contributed by atoms with Crippen LogP contribution in [0.25, 0.3) is 0 Å². The highest BCUT2D eigenvalue weighted by Crippen LogP contribution is 2.18. The molecule has 2 aromatic carbocycles. The molecule has 0 fully saturated rings. The van der Waals surface area contributed by atoms with Crippen LogP contribution < -0.4 is 14.8 Å². The number of ether oxygens (including phenoxy) is 2. The fraction of sp³-hybridized carbons (Fsp3) is 0.316. The highest BCUT2D eigenvalue weighted by Gasteiger charge is 2.04. The Bertz CT molecular complexity index is 594. The van der Waals surface area contributed by atoms with E-state index in [1.165, 1.54) is 0 Å². The zero-order valence-electron chi connectivity index (χ0n) is 13.6. The molecule has 0 atom stereocenters. The fourth-order valence-electron chi connectivity index (χ4n) is 1.89. The second-order valence-corrected chi connectivity index (χ2v) is 5.73. The van der Waals surface area contributed by atoms with Crippen LogP contribution in [-0.4, -0.2) is 19.1 Å². The second-order valence-electron chi connectivity index (χ2n) is 5.73. The molecule has 2 rings (SSSR count). The summed E-state index contributed by atoms with van der Waals surface area (Å²) in [5.74, 6) is 1.74. The van der Waals surface area contributed by atoms with Crippen LogP contribution in [0.3, 0.4) is 0 Å². The molecule has 0 bridgehead atoms. The molecule has 4 heteroatoms. The van der Waals surface area contributed by atoms with Crippen LogP contribution in [0.1, 0.15) is 19.4 Å². The summed E-state index contributed by atoms with van der Waals surface area (Å²) in [5, 5.41) is 2.81. The number of benzene rings is 2. The summed E-state index contributed by atoms with van der Waals surface area (Å²) in [6, 6.07) is 17.3. The van der Waals surface area contributed by atoms with Gasteiger partial charge in [-0.3, -0.25) is 4.79 Å². The smallest absolute Gasteiger partial charge is 0.257 e. The molecule has 0 aliphatic rings. The van der Waals surface area contributed by atoms with Crippen LogP contribution in [0.5, 0.6) is 11.5 Å². The van der Waals surface area contributed by atoms with E-state index in [2.05, 4.69) is 19.2 Å². The average molecular weight is 313 g/mol. The van der Waals surface area contributed by atoms with Gasteiger partial charge in [0.05, 0.1) is 0 Å². The Labute approximate surface area is 137 Å². The zero-order chi connectivity index (χ0) is 16.5. The van der Waals surface area contributed by atoms with Crippen molar-refractivity contribution in [3.05, 3.63) is 60.2 Å². The number of hydrogen-bond donors (Lipinski definition) is 1. The standard InChI is InChI=1S/C19H23NO3/c1-15(2)12-20-19(21)14-23-18-10-8-17(9-11-18)22-13-16-6-4-3-5-7-16/h3-11,15H,12-14H2,1-2H3,(H,20,21). The van der Waals surface area contributed by atoms with Gasteiger partial charge in [0.15, 0.2) is 6.61 Å². The summed E-state index contributed by atoms with van der Waals surface area (Å²) in [7, 11) is 0. The van der Waals surface area contributed by atoms with Crippen molar-refractivity contribution in [1.82, 2.24) is 5.32 Å². The Morgan fingerprint density at radius 2 is 1.57 bits per heavy atom. The van der Waals surface area contributed by atoms with Gasteiger partial charge in [-0.1, -0.05) is 44.2 Å². The molecule has 1 amide bonds. The number of carbonyl (C=O) groups is 1. The Hall–Kier alpha value is -2.49. The largest absolute Gasteiger partial charge is 0.489 e. The van der Waals surface area contributed by atoms with Crippen molar-refractivity contribution >= 4 is 5.91 Å². The number of amides is 1. The first-order valence-electron chi connectivity index (χ1n) is 7.80. The summed E-state index contributed by atoms with van der Waals surface area (Å²) in [5.41, 5.74) is 1.12. The van der Waals surface area contributed by atoms with E-state index >= 15 is 0 Å². The lowest BCUT2D eigenvalue weighted by molar-refractivity contribution is -0.123. The molecule has 122 valence electrons. The van der Waals surface area contributed by atoms with E-state index in [1.807, 2.05) is 42.5 Å². The minimum atomic E-state index is -0.108. The lowest BCUT2D eigenvalue weighted by Gasteiger charge is -2.10. The van der Waals surface area contributed by atoms with Crippen molar-refractivity contribution < 1.29 is 14.3 Å². The van der Waals surface area contributed by atoms with Crippen LogP contribution in [-0.2, 0) is 11.4 Å². The third kappa shape index (κ3) is 6.43. The Balaban J connectivity index is 1.75. The maximum Gasteiger partial charge on any atom is 0.257 e. The second kappa shape index (κ2) is 8.83. The molecular formula is C19H23NO3. The van der Waals surface area contributed by atoms with E-state index in [0.717, 1.165) is 11.3 Å². The molecule has 23 heavy (non-hydrogen) atoms. The molecule has 0 aliphatic carbocycles. The summed E-state index contributed by atoms with van der Waals surface area (Å²) >= 11 is 0. The molecule has 0 spiro atoms. The van der Waals surface area contributed by atoms with Gasteiger partial charge < -0.3 is 14.8 Å². The van der Waals surface area contributed by atoms with Gasteiger partial charge in [-0.25, -0.2) is 0 Å². The van der Waals surface area contributed by atoms with Gasteiger partial charge in [0.25, 0.3) is 5.91 Å².